The Labute approximate surface area is 162 Å². The zero-order valence-electron chi connectivity index (χ0n) is 14.7. The van der Waals surface area contributed by atoms with Gasteiger partial charge in [0.2, 0.25) is 5.91 Å². The number of carbonyl (C=O) groups excluding carboxylic acids is 2. The van der Waals surface area contributed by atoms with Crippen LogP contribution in [0.1, 0.15) is 18.5 Å². The van der Waals surface area contributed by atoms with E-state index in [1.165, 1.54) is 6.92 Å². The molecule has 2 aromatic carbocycles. The van der Waals surface area contributed by atoms with Crippen LogP contribution in [0.3, 0.4) is 0 Å². The molecule has 29 heavy (non-hydrogen) atoms. The summed E-state index contributed by atoms with van der Waals surface area (Å²) in [6.07, 6.45) is 0. The van der Waals surface area contributed by atoms with E-state index in [2.05, 4.69) is 10.6 Å². The molecule has 2 aromatic rings. The highest BCUT2D eigenvalue weighted by Gasteiger charge is 2.41. The number of hydrogen-bond acceptors (Lipinski definition) is 4. The summed E-state index contributed by atoms with van der Waals surface area (Å²) in [7, 11) is -4.87. The lowest BCUT2D eigenvalue weighted by atomic mass is 10.1. The molecule has 0 radical (unpaired) electrons. The quantitative estimate of drug-likeness (QED) is 0.728. The van der Waals surface area contributed by atoms with Gasteiger partial charge in [0.25, 0.3) is 10.0 Å². The molecule has 0 bridgehead atoms. The molecule has 12 heteroatoms. The number of anilines is 1. The molecule has 3 amide bonds. The molecule has 0 fully saturated rings. The fourth-order valence-electron chi connectivity index (χ4n) is 2.78. The number of benzene rings is 2. The number of rotatable bonds is 4. The van der Waals surface area contributed by atoms with Gasteiger partial charge < -0.3 is 10.6 Å². The minimum absolute atomic E-state index is 0.0287. The van der Waals surface area contributed by atoms with Crippen molar-refractivity contribution < 1.29 is 35.6 Å². The Morgan fingerprint density at radius 2 is 1.83 bits per heavy atom. The summed E-state index contributed by atoms with van der Waals surface area (Å²) in [5, 5.41) is 4.32. The fraction of sp³-hybridized carbons (Fsp3) is 0.176. The highest BCUT2D eigenvalue weighted by Crippen LogP contribution is 2.33. The molecule has 0 aliphatic carbocycles. The average Bonchev–Trinajstić information content (AvgIpc) is 2.61. The molecule has 2 N–H and O–H groups in total. The fourth-order valence-corrected chi connectivity index (χ4v) is 4.28. The molecule has 0 spiro atoms. The van der Waals surface area contributed by atoms with Gasteiger partial charge in [-0.25, -0.2) is 35.1 Å². The maximum atomic E-state index is 14.0. The van der Waals surface area contributed by atoms with Crippen LogP contribution in [0.25, 0.3) is 0 Å². The summed E-state index contributed by atoms with van der Waals surface area (Å²) >= 11 is 0. The van der Waals surface area contributed by atoms with E-state index in [4.69, 9.17) is 0 Å². The predicted octanol–water partition coefficient (Wildman–Crippen LogP) is 2.66. The van der Waals surface area contributed by atoms with Gasteiger partial charge in [-0.2, -0.15) is 0 Å². The number of hydrogen-bond donors (Lipinski definition) is 2. The predicted molar refractivity (Wildman–Crippen MR) is 92.2 cm³/mol. The lowest BCUT2D eigenvalue weighted by molar-refractivity contribution is -0.121. The van der Waals surface area contributed by atoms with E-state index in [0.29, 0.717) is 12.1 Å². The second-order valence-corrected chi connectivity index (χ2v) is 7.93. The molecule has 1 aliphatic heterocycles. The molecule has 7 nitrogen and oxygen atoms in total. The molecule has 3 rings (SSSR count). The lowest BCUT2D eigenvalue weighted by Crippen LogP contribution is -2.49. The Bertz CT molecular complexity index is 1120. The van der Waals surface area contributed by atoms with Gasteiger partial charge >= 0.3 is 6.03 Å². The second kappa shape index (κ2) is 7.35. The Balaban J connectivity index is 1.83. The molecular weight excluding hydrogens is 418 g/mol. The number of amides is 3. The molecule has 0 unspecified atom stereocenters. The summed E-state index contributed by atoms with van der Waals surface area (Å²) in [6.45, 7) is 0.278. The average molecular weight is 431 g/mol. The van der Waals surface area contributed by atoms with Crippen molar-refractivity contribution in [3.63, 3.8) is 0 Å². The maximum Gasteiger partial charge on any atom is 0.336 e. The van der Waals surface area contributed by atoms with Crippen molar-refractivity contribution in [1.29, 1.82) is 0 Å². The second-order valence-electron chi connectivity index (χ2n) is 6.13. The van der Waals surface area contributed by atoms with Crippen LogP contribution in [0.4, 0.5) is 28.0 Å². The first-order chi connectivity index (χ1) is 13.5. The highest BCUT2D eigenvalue weighted by molar-refractivity contribution is 7.90. The first-order valence-corrected chi connectivity index (χ1v) is 9.52. The number of nitrogens with zero attached hydrogens (tertiary/aromatic N) is 1. The summed E-state index contributed by atoms with van der Waals surface area (Å²) in [5.41, 5.74) is -0.545. The molecule has 0 saturated heterocycles. The van der Waals surface area contributed by atoms with Crippen LogP contribution in [0.15, 0.2) is 35.2 Å². The number of urea groups is 1. The number of fused-ring (bicyclic) bond motifs is 1. The molecule has 0 saturated carbocycles. The Kier molecular flexibility index (Phi) is 5.22. The van der Waals surface area contributed by atoms with Crippen molar-refractivity contribution in [2.24, 2.45) is 0 Å². The van der Waals surface area contributed by atoms with E-state index >= 15 is 0 Å². The van der Waals surface area contributed by atoms with Crippen molar-refractivity contribution in [1.82, 2.24) is 9.62 Å². The van der Waals surface area contributed by atoms with Crippen LogP contribution >= 0.6 is 0 Å². The normalized spacial score (nSPS) is 16.0. The summed E-state index contributed by atoms with van der Waals surface area (Å²) in [5.74, 6) is -5.94. The van der Waals surface area contributed by atoms with E-state index in [1.807, 2.05) is 0 Å². The van der Waals surface area contributed by atoms with E-state index in [-0.39, 0.29) is 9.87 Å². The Morgan fingerprint density at radius 3 is 2.48 bits per heavy atom. The third kappa shape index (κ3) is 3.75. The van der Waals surface area contributed by atoms with Crippen LogP contribution in [0.2, 0.25) is 0 Å². The molecule has 154 valence electrons. The van der Waals surface area contributed by atoms with Gasteiger partial charge in [0, 0.05) is 11.6 Å². The summed E-state index contributed by atoms with van der Waals surface area (Å²) in [6, 6.07) is 1.94. The standard InChI is InChI=1S/C17H13F4N3O4S/c1-8(10-3-2-9(18)6-12(10)20)22-14(25)7-24-17(26)23-13-5-4-11(19)15(21)16(13)29(24,27)28/h2-6,8H,7H2,1H3,(H,22,25)(H,23,26)/t8-/m0/s1. The third-order valence-electron chi connectivity index (χ3n) is 4.16. The smallest absolute Gasteiger partial charge is 0.336 e. The van der Waals surface area contributed by atoms with E-state index < -0.39 is 68.4 Å². The van der Waals surface area contributed by atoms with Gasteiger partial charge in [-0.05, 0) is 25.1 Å². The molecular formula is C17H13F4N3O4S. The van der Waals surface area contributed by atoms with Crippen LogP contribution in [-0.2, 0) is 14.8 Å². The zero-order chi connectivity index (χ0) is 21.5. The third-order valence-corrected chi connectivity index (χ3v) is 5.95. The highest BCUT2D eigenvalue weighted by atomic mass is 32.2. The summed E-state index contributed by atoms with van der Waals surface area (Å²) in [4.78, 5) is 23.2. The van der Waals surface area contributed by atoms with Gasteiger partial charge in [-0.3, -0.25) is 4.79 Å². The molecule has 1 atom stereocenters. The van der Waals surface area contributed by atoms with Gasteiger partial charge in [0.1, 0.15) is 23.1 Å². The van der Waals surface area contributed by atoms with Gasteiger partial charge in [0.15, 0.2) is 11.6 Å². The first kappa shape index (κ1) is 20.6. The minimum atomic E-state index is -4.87. The first-order valence-electron chi connectivity index (χ1n) is 8.08. The van der Waals surface area contributed by atoms with Crippen LogP contribution in [0, 0.1) is 23.3 Å². The van der Waals surface area contributed by atoms with Crippen LogP contribution in [-0.4, -0.2) is 31.2 Å². The van der Waals surface area contributed by atoms with Crippen molar-refractivity contribution in [3.05, 3.63) is 59.2 Å². The largest absolute Gasteiger partial charge is 0.348 e. The maximum absolute atomic E-state index is 14.0. The monoisotopic (exact) mass is 431 g/mol. The van der Waals surface area contributed by atoms with Gasteiger partial charge in [0.05, 0.1) is 11.7 Å². The van der Waals surface area contributed by atoms with E-state index in [0.717, 1.165) is 18.2 Å². The number of halogens is 4. The lowest BCUT2D eigenvalue weighted by Gasteiger charge is -2.29. The van der Waals surface area contributed by atoms with Crippen LogP contribution < -0.4 is 10.6 Å². The van der Waals surface area contributed by atoms with E-state index in [1.54, 1.807) is 0 Å². The van der Waals surface area contributed by atoms with Crippen molar-refractivity contribution in [2.75, 3.05) is 11.9 Å². The Morgan fingerprint density at radius 1 is 1.14 bits per heavy atom. The van der Waals surface area contributed by atoms with Crippen molar-refractivity contribution in [3.8, 4) is 0 Å². The van der Waals surface area contributed by atoms with E-state index in [9.17, 15) is 35.6 Å². The van der Waals surface area contributed by atoms with Gasteiger partial charge in [-0.15, -0.1) is 0 Å². The zero-order valence-corrected chi connectivity index (χ0v) is 15.5. The van der Waals surface area contributed by atoms with Crippen molar-refractivity contribution in [2.45, 2.75) is 17.9 Å². The summed E-state index contributed by atoms with van der Waals surface area (Å²) < 4.78 is 79.4. The number of nitrogens with one attached hydrogen (secondary N) is 2. The molecule has 1 heterocycles. The van der Waals surface area contributed by atoms with Crippen LogP contribution in [0.5, 0.6) is 0 Å². The molecule has 0 aromatic heterocycles. The number of carbonyl (C=O) groups is 2. The SMILES string of the molecule is C[C@H](NC(=O)CN1C(=O)Nc2ccc(F)c(F)c2S1(=O)=O)c1ccc(F)cc1F. The molecule has 1 aliphatic rings. The topological polar surface area (TPSA) is 95.6 Å². The van der Waals surface area contributed by atoms with Crippen molar-refractivity contribution >= 4 is 27.6 Å². The van der Waals surface area contributed by atoms with Gasteiger partial charge in [-0.1, -0.05) is 6.07 Å². The minimum Gasteiger partial charge on any atom is -0.348 e. The Hall–Kier alpha value is -3.15. The number of sulfonamides is 1.